The molecule has 0 atom stereocenters. The molecule has 4 aromatic carbocycles. The highest BCUT2D eigenvalue weighted by atomic mass is 79.9. The van der Waals surface area contributed by atoms with Gasteiger partial charge in [-0.1, -0.05) is 156 Å². The van der Waals surface area contributed by atoms with Gasteiger partial charge in [-0.15, -0.1) is 0 Å². The third-order valence-corrected chi connectivity index (χ3v) is 10.9. The van der Waals surface area contributed by atoms with Crippen molar-refractivity contribution < 1.29 is 9.85 Å². The molecule has 7 heteroatoms. The van der Waals surface area contributed by atoms with Crippen LogP contribution in [0.3, 0.4) is 0 Å². The largest absolute Gasteiger partial charge is 0.269 e. The lowest BCUT2D eigenvalue weighted by Crippen LogP contribution is -2.25. The lowest BCUT2D eigenvalue weighted by atomic mass is 9.70. The van der Waals surface area contributed by atoms with Gasteiger partial charge < -0.3 is 0 Å². The lowest BCUT2D eigenvalue weighted by molar-refractivity contribution is -0.385. The summed E-state index contributed by atoms with van der Waals surface area (Å²) >= 11 is 3.38. The second kappa shape index (κ2) is 20.3. The Morgan fingerprint density at radius 2 is 1.04 bits per heavy atom. The molecule has 0 radical (unpaired) electrons. The molecule has 0 heterocycles. The van der Waals surface area contributed by atoms with Gasteiger partial charge in [0.2, 0.25) is 0 Å². The molecule has 0 fully saturated rings. The first-order valence-corrected chi connectivity index (χ1v) is 20.2. The van der Waals surface area contributed by atoms with Crippen LogP contribution < -0.4 is 0 Å². The number of nitro groups is 2. The number of alkyl halides is 1. The predicted molar refractivity (Wildman–Crippen MR) is 216 cm³/mol. The Morgan fingerprint density at radius 1 is 0.549 bits per heavy atom. The molecule has 0 spiro atoms. The number of hydrogen-bond donors (Lipinski definition) is 0. The summed E-state index contributed by atoms with van der Waals surface area (Å²) in [7, 11) is 0. The highest BCUT2D eigenvalue weighted by Crippen LogP contribution is 2.54. The number of non-ortho nitro benzene ring substituents is 2. The van der Waals surface area contributed by atoms with Crippen LogP contribution in [0.4, 0.5) is 11.4 Å². The van der Waals surface area contributed by atoms with Crippen molar-refractivity contribution in [2.45, 2.75) is 122 Å². The summed E-state index contributed by atoms with van der Waals surface area (Å²) in [6, 6.07) is 27.4. The Kier molecular flexibility index (Phi) is 15.9. The Balaban J connectivity index is 0.000000211. The second-order valence-corrected chi connectivity index (χ2v) is 14.7. The van der Waals surface area contributed by atoms with Crippen LogP contribution in [0.2, 0.25) is 0 Å². The SMILES string of the molecule is CCCCCCBr.CCCCCCC1(CCCCCC)c2ccccc2-c2ccc([N+](=O)[O-])cc21.O=[N+]([O-])c1ccc2c(c1)Cc1ccccc1-2. The second-order valence-electron chi connectivity index (χ2n) is 13.9. The van der Waals surface area contributed by atoms with Crippen LogP contribution in [0.1, 0.15) is 133 Å². The summed E-state index contributed by atoms with van der Waals surface area (Å²) in [5.41, 5.74) is 10.0. The van der Waals surface area contributed by atoms with Crippen molar-refractivity contribution in [3.8, 4) is 22.3 Å². The number of benzene rings is 4. The summed E-state index contributed by atoms with van der Waals surface area (Å²) in [6.07, 6.45) is 18.2. The van der Waals surface area contributed by atoms with E-state index in [1.165, 1.54) is 116 Å². The fourth-order valence-electron chi connectivity index (χ4n) is 7.69. The molecule has 0 amide bonds. The molecule has 0 saturated heterocycles. The van der Waals surface area contributed by atoms with Crippen molar-refractivity contribution in [2.24, 2.45) is 0 Å². The number of nitro benzene ring substituents is 2. The zero-order valence-corrected chi connectivity index (χ0v) is 32.4. The van der Waals surface area contributed by atoms with Crippen LogP contribution in [0.25, 0.3) is 22.3 Å². The van der Waals surface area contributed by atoms with E-state index in [2.05, 4.69) is 73.1 Å². The van der Waals surface area contributed by atoms with Gasteiger partial charge in [0.05, 0.1) is 9.85 Å². The molecule has 6 rings (SSSR count). The summed E-state index contributed by atoms with van der Waals surface area (Å²) in [5.74, 6) is 0. The van der Waals surface area contributed by atoms with Gasteiger partial charge >= 0.3 is 0 Å². The third kappa shape index (κ3) is 10.2. The first-order chi connectivity index (χ1) is 24.8. The van der Waals surface area contributed by atoms with E-state index in [-0.39, 0.29) is 26.6 Å². The molecule has 0 N–H and O–H groups in total. The van der Waals surface area contributed by atoms with Crippen LogP contribution in [0.15, 0.2) is 84.9 Å². The zero-order valence-electron chi connectivity index (χ0n) is 30.8. The van der Waals surface area contributed by atoms with Gasteiger partial charge in [-0.25, -0.2) is 0 Å². The van der Waals surface area contributed by atoms with Crippen molar-refractivity contribution in [3.05, 3.63) is 127 Å². The van der Waals surface area contributed by atoms with Crippen molar-refractivity contribution in [2.75, 3.05) is 5.33 Å². The average molecular weight is 756 g/mol. The number of rotatable bonds is 16. The molecule has 2 aliphatic carbocycles. The van der Waals surface area contributed by atoms with Gasteiger partial charge in [-0.05, 0) is 82.3 Å². The lowest BCUT2D eigenvalue weighted by Gasteiger charge is -2.32. The molecular formula is C44H55BrN2O4. The van der Waals surface area contributed by atoms with E-state index in [0.717, 1.165) is 30.4 Å². The number of halogens is 1. The quantitative estimate of drug-likeness (QED) is 0.0434. The monoisotopic (exact) mass is 754 g/mol. The maximum Gasteiger partial charge on any atom is 0.269 e. The van der Waals surface area contributed by atoms with Crippen LogP contribution in [0, 0.1) is 20.2 Å². The Hall–Kier alpha value is -3.84. The average Bonchev–Trinajstić information content (AvgIpc) is 3.65. The molecule has 4 aromatic rings. The van der Waals surface area contributed by atoms with Crippen LogP contribution >= 0.6 is 15.9 Å². The van der Waals surface area contributed by atoms with Crippen LogP contribution in [-0.4, -0.2) is 15.2 Å². The maximum absolute atomic E-state index is 11.5. The minimum atomic E-state index is -0.344. The van der Waals surface area contributed by atoms with Gasteiger partial charge in [0, 0.05) is 35.0 Å². The van der Waals surface area contributed by atoms with Gasteiger partial charge in [0.15, 0.2) is 0 Å². The Morgan fingerprint density at radius 3 is 1.63 bits per heavy atom. The van der Waals surface area contributed by atoms with E-state index < -0.39 is 0 Å². The molecule has 2 aliphatic rings. The van der Waals surface area contributed by atoms with Gasteiger partial charge in [-0.3, -0.25) is 20.2 Å². The van der Waals surface area contributed by atoms with E-state index in [1.807, 2.05) is 30.3 Å². The normalized spacial score (nSPS) is 12.7. The maximum atomic E-state index is 11.5. The number of nitrogens with zero attached hydrogens (tertiary/aromatic N) is 2. The molecular weight excluding hydrogens is 700 g/mol. The zero-order chi connectivity index (χ0) is 36.6. The van der Waals surface area contributed by atoms with E-state index in [4.69, 9.17) is 0 Å². The molecule has 0 unspecified atom stereocenters. The van der Waals surface area contributed by atoms with Gasteiger partial charge in [0.1, 0.15) is 0 Å². The molecule has 272 valence electrons. The molecule has 0 aliphatic heterocycles. The van der Waals surface area contributed by atoms with Crippen LogP contribution in [0.5, 0.6) is 0 Å². The summed E-state index contributed by atoms with van der Waals surface area (Å²) < 4.78 is 0. The number of unbranched alkanes of at least 4 members (excludes halogenated alkanes) is 9. The first-order valence-electron chi connectivity index (χ1n) is 19.1. The topological polar surface area (TPSA) is 86.3 Å². The third-order valence-electron chi connectivity index (χ3n) is 10.4. The van der Waals surface area contributed by atoms with E-state index in [0.29, 0.717) is 0 Å². The first kappa shape index (κ1) is 39.9. The van der Waals surface area contributed by atoms with Crippen LogP contribution in [-0.2, 0) is 11.8 Å². The van der Waals surface area contributed by atoms with E-state index in [1.54, 1.807) is 18.2 Å². The highest BCUT2D eigenvalue weighted by molar-refractivity contribution is 9.09. The molecule has 51 heavy (non-hydrogen) atoms. The summed E-state index contributed by atoms with van der Waals surface area (Å²) in [4.78, 5) is 21.6. The molecule has 6 nitrogen and oxygen atoms in total. The fraction of sp³-hybridized carbons (Fsp3) is 0.455. The van der Waals surface area contributed by atoms with Crippen molar-refractivity contribution in [1.82, 2.24) is 0 Å². The summed E-state index contributed by atoms with van der Waals surface area (Å²) in [5, 5.41) is 23.3. The Labute approximate surface area is 313 Å². The van der Waals surface area contributed by atoms with Gasteiger partial charge in [0.25, 0.3) is 11.4 Å². The number of fused-ring (bicyclic) bond motifs is 6. The standard InChI is InChI=1S/C25H33NO2.C13H9NO2.C6H13Br/c1-3-5-7-11-17-25(18-12-8-6-4-2)23-14-10-9-13-21(23)22-16-15-20(26(27)28)19-24(22)25;15-14(16)11-5-6-13-10(8-11)7-9-3-1-2-4-12(9)13;1-2-3-4-5-6-7/h9-10,13-16,19H,3-8,11-12,17-18H2,1-2H3;1-6,8H,7H2;2-6H2,1H3. The van der Waals surface area contributed by atoms with Crippen molar-refractivity contribution in [1.29, 1.82) is 0 Å². The molecule has 0 bridgehead atoms. The van der Waals surface area contributed by atoms with Crippen molar-refractivity contribution >= 4 is 27.3 Å². The fourth-order valence-corrected chi connectivity index (χ4v) is 8.09. The minimum absolute atomic E-state index is 0.0700. The molecule has 0 saturated carbocycles. The predicted octanol–water partition coefficient (Wildman–Crippen LogP) is 13.9. The van der Waals surface area contributed by atoms with E-state index >= 15 is 0 Å². The van der Waals surface area contributed by atoms with E-state index in [9.17, 15) is 20.2 Å². The Bertz CT molecular complexity index is 1720. The summed E-state index contributed by atoms with van der Waals surface area (Å²) in [6.45, 7) is 6.71. The minimum Gasteiger partial charge on any atom is -0.258 e. The smallest absolute Gasteiger partial charge is 0.258 e. The number of hydrogen-bond acceptors (Lipinski definition) is 4. The van der Waals surface area contributed by atoms with Crippen molar-refractivity contribution in [3.63, 3.8) is 0 Å². The molecule has 0 aromatic heterocycles. The van der Waals surface area contributed by atoms with Gasteiger partial charge in [-0.2, -0.15) is 0 Å². The highest BCUT2D eigenvalue weighted by Gasteiger charge is 2.42.